The number of aliphatic imine (C=N–C) groups is 1. The maximum atomic E-state index is 12.9. The number of nitriles is 1. The Labute approximate surface area is 125 Å². The first-order valence-electron chi connectivity index (χ1n) is 6.44. The Morgan fingerprint density at radius 1 is 1.09 bits per heavy atom. The van der Waals surface area contributed by atoms with Gasteiger partial charge in [-0.2, -0.15) is 5.26 Å². The maximum Gasteiger partial charge on any atom is 0.363 e. The number of nitrogens with zero attached hydrogens (tertiary/aromatic N) is 2. The molecule has 2 aromatic carbocycles. The van der Waals surface area contributed by atoms with Crippen LogP contribution in [0.25, 0.3) is 6.08 Å². The Balaban J connectivity index is 1.90. The number of carbonyl (C=O) groups is 1. The van der Waals surface area contributed by atoms with Gasteiger partial charge in [0, 0.05) is 5.56 Å². The summed E-state index contributed by atoms with van der Waals surface area (Å²) in [6, 6.07) is 14.3. The van der Waals surface area contributed by atoms with Crippen LogP contribution >= 0.6 is 0 Å². The average Bonchev–Trinajstić information content (AvgIpc) is 2.90. The Morgan fingerprint density at radius 2 is 1.77 bits per heavy atom. The molecule has 106 valence electrons. The first kappa shape index (κ1) is 13.7. The van der Waals surface area contributed by atoms with Gasteiger partial charge in [-0.1, -0.05) is 12.1 Å². The van der Waals surface area contributed by atoms with Crippen LogP contribution in [-0.2, 0) is 9.53 Å². The van der Waals surface area contributed by atoms with Gasteiger partial charge in [-0.15, -0.1) is 0 Å². The lowest BCUT2D eigenvalue weighted by Crippen LogP contribution is -2.05. The van der Waals surface area contributed by atoms with Crippen molar-refractivity contribution in [1.29, 1.82) is 5.26 Å². The number of hydrogen-bond acceptors (Lipinski definition) is 4. The van der Waals surface area contributed by atoms with E-state index in [-0.39, 0.29) is 17.4 Å². The van der Waals surface area contributed by atoms with Crippen LogP contribution in [0.2, 0.25) is 0 Å². The second kappa shape index (κ2) is 5.62. The molecule has 0 unspecified atom stereocenters. The van der Waals surface area contributed by atoms with Gasteiger partial charge in [-0.25, -0.2) is 14.2 Å². The van der Waals surface area contributed by atoms with Gasteiger partial charge in [-0.3, -0.25) is 0 Å². The number of benzene rings is 2. The van der Waals surface area contributed by atoms with Crippen molar-refractivity contribution >= 4 is 17.9 Å². The first-order chi connectivity index (χ1) is 10.7. The van der Waals surface area contributed by atoms with Crippen molar-refractivity contribution in [2.45, 2.75) is 0 Å². The van der Waals surface area contributed by atoms with Gasteiger partial charge in [0.15, 0.2) is 5.70 Å². The zero-order valence-corrected chi connectivity index (χ0v) is 11.3. The number of cyclic esters (lactones) is 1. The largest absolute Gasteiger partial charge is 0.402 e. The summed E-state index contributed by atoms with van der Waals surface area (Å²) in [5.41, 5.74) is 1.95. The summed E-state index contributed by atoms with van der Waals surface area (Å²) in [4.78, 5) is 15.9. The molecule has 22 heavy (non-hydrogen) atoms. The standard InChI is InChI=1S/C17H9FN2O2/c18-14-7-5-13(6-8-14)16-20-15(17(21)22-16)9-11-1-3-12(10-19)4-2-11/h1-9H/b15-9+. The van der Waals surface area contributed by atoms with Crippen molar-refractivity contribution in [3.63, 3.8) is 0 Å². The predicted octanol–water partition coefficient (Wildman–Crippen LogP) is 3.04. The van der Waals surface area contributed by atoms with E-state index in [0.717, 1.165) is 5.56 Å². The van der Waals surface area contributed by atoms with Crippen LogP contribution in [0, 0.1) is 17.1 Å². The van der Waals surface area contributed by atoms with Crippen molar-refractivity contribution in [2.24, 2.45) is 4.99 Å². The number of esters is 1. The predicted molar refractivity (Wildman–Crippen MR) is 78.2 cm³/mol. The number of hydrogen-bond donors (Lipinski definition) is 0. The molecule has 0 atom stereocenters. The second-order valence-corrected chi connectivity index (χ2v) is 4.58. The maximum absolute atomic E-state index is 12.9. The summed E-state index contributed by atoms with van der Waals surface area (Å²) in [7, 11) is 0. The highest BCUT2D eigenvalue weighted by molar-refractivity contribution is 6.12. The van der Waals surface area contributed by atoms with Crippen LogP contribution < -0.4 is 0 Å². The molecule has 0 aromatic heterocycles. The lowest BCUT2D eigenvalue weighted by molar-refractivity contribution is -0.129. The van der Waals surface area contributed by atoms with E-state index in [1.54, 1.807) is 30.3 Å². The van der Waals surface area contributed by atoms with Crippen molar-refractivity contribution in [2.75, 3.05) is 0 Å². The lowest BCUT2D eigenvalue weighted by Gasteiger charge is -1.98. The van der Waals surface area contributed by atoms with E-state index in [9.17, 15) is 9.18 Å². The molecule has 0 amide bonds. The van der Waals surface area contributed by atoms with E-state index >= 15 is 0 Å². The van der Waals surface area contributed by atoms with E-state index in [4.69, 9.17) is 10.00 Å². The molecule has 1 aliphatic rings. The quantitative estimate of drug-likeness (QED) is 0.631. The fraction of sp³-hybridized carbons (Fsp3) is 0. The number of ether oxygens (including phenoxy) is 1. The van der Waals surface area contributed by atoms with E-state index in [2.05, 4.69) is 4.99 Å². The summed E-state index contributed by atoms with van der Waals surface area (Å²) in [5.74, 6) is -0.796. The highest BCUT2D eigenvalue weighted by Gasteiger charge is 2.24. The molecule has 4 nitrogen and oxygen atoms in total. The molecule has 0 N–H and O–H groups in total. The van der Waals surface area contributed by atoms with Crippen LogP contribution in [-0.4, -0.2) is 11.9 Å². The third-order valence-corrected chi connectivity index (χ3v) is 3.05. The molecule has 0 bridgehead atoms. The monoisotopic (exact) mass is 292 g/mol. The topological polar surface area (TPSA) is 62.4 Å². The Hall–Kier alpha value is -3.26. The van der Waals surface area contributed by atoms with Gasteiger partial charge >= 0.3 is 5.97 Å². The fourth-order valence-corrected chi connectivity index (χ4v) is 1.94. The SMILES string of the molecule is N#Cc1ccc(/C=C2/N=C(c3ccc(F)cc3)OC2=O)cc1. The second-order valence-electron chi connectivity index (χ2n) is 4.58. The number of rotatable bonds is 2. The zero-order valence-electron chi connectivity index (χ0n) is 11.3. The minimum Gasteiger partial charge on any atom is -0.402 e. The molecule has 0 spiro atoms. The zero-order chi connectivity index (χ0) is 15.5. The van der Waals surface area contributed by atoms with E-state index in [1.165, 1.54) is 24.3 Å². The third-order valence-electron chi connectivity index (χ3n) is 3.05. The highest BCUT2D eigenvalue weighted by atomic mass is 19.1. The van der Waals surface area contributed by atoms with Gasteiger partial charge in [-0.05, 0) is 48.0 Å². The summed E-state index contributed by atoms with van der Waals surface area (Å²) < 4.78 is 18.0. The summed E-state index contributed by atoms with van der Waals surface area (Å²) >= 11 is 0. The Bertz CT molecular complexity index is 828. The van der Waals surface area contributed by atoms with Crippen molar-refractivity contribution in [1.82, 2.24) is 0 Å². The van der Waals surface area contributed by atoms with Crippen LogP contribution in [0.3, 0.4) is 0 Å². The molecule has 1 aliphatic heterocycles. The van der Waals surface area contributed by atoms with Gasteiger partial charge in [0.05, 0.1) is 11.6 Å². The number of carbonyl (C=O) groups excluding carboxylic acids is 1. The summed E-state index contributed by atoms with van der Waals surface area (Å²) in [6.07, 6.45) is 1.57. The van der Waals surface area contributed by atoms with Gasteiger partial charge in [0.1, 0.15) is 5.82 Å². The van der Waals surface area contributed by atoms with Gasteiger partial charge in [0.25, 0.3) is 0 Å². The Morgan fingerprint density at radius 3 is 2.41 bits per heavy atom. The number of halogens is 1. The smallest absolute Gasteiger partial charge is 0.363 e. The molecule has 2 aromatic rings. The molecule has 0 saturated heterocycles. The molecule has 1 heterocycles. The third kappa shape index (κ3) is 2.76. The van der Waals surface area contributed by atoms with Crippen LogP contribution in [0.4, 0.5) is 4.39 Å². The summed E-state index contributed by atoms with van der Waals surface area (Å²) in [6.45, 7) is 0. The normalized spacial score (nSPS) is 15.4. The molecular weight excluding hydrogens is 283 g/mol. The van der Waals surface area contributed by atoms with Gasteiger partial charge < -0.3 is 4.74 Å². The minimum atomic E-state index is -0.566. The molecule has 0 radical (unpaired) electrons. The lowest BCUT2D eigenvalue weighted by atomic mass is 10.1. The molecule has 0 aliphatic carbocycles. The molecule has 0 saturated carbocycles. The molecule has 0 fully saturated rings. The van der Waals surface area contributed by atoms with Crippen molar-refractivity contribution in [3.05, 3.63) is 76.7 Å². The molecule has 5 heteroatoms. The highest BCUT2D eigenvalue weighted by Crippen LogP contribution is 2.19. The van der Waals surface area contributed by atoms with Crippen molar-refractivity contribution < 1.29 is 13.9 Å². The van der Waals surface area contributed by atoms with Crippen LogP contribution in [0.1, 0.15) is 16.7 Å². The van der Waals surface area contributed by atoms with E-state index in [0.29, 0.717) is 11.1 Å². The first-order valence-corrected chi connectivity index (χ1v) is 6.44. The average molecular weight is 292 g/mol. The Kier molecular flexibility index (Phi) is 3.50. The van der Waals surface area contributed by atoms with E-state index < -0.39 is 5.97 Å². The van der Waals surface area contributed by atoms with Crippen molar-refractivity contribution in [3.8, 4) is 6.07 Å². The van der Waals surface area contributed by atoms with Crippen LogP contribution in [0.5, 0.6) is 0 Å². The van der Waals surface area contributed by atoms with Gasteiger partial charge in [0.2, 0.25) is 5.90 Å². The molecule has 3 rings (SSSR count). The molecular formula is C17H9FN2O2. The van der Waals surface area contributed by atoms with Crippen LogP contribution in [0.15, 0.2) is 59.2 Å². The fourth-order valence-electron chi connectivity index (χ4n) is 1.94. The van der Waals surface area contributed by atoms with E-state index in [1.807, 2.05) is 6.07 Å². The summed E-state index contributed by atoms with van der Waals surface area (Å²) in [5, 5.41) is 8.75. The minimum absolute atomic E-state index is 0.143.